The Balaban J connectivity index is 1.87. The van der Waals surface area contributed by atoms with Gasteiger partial charge in [0.2, 0.25) is 0 Å². The van der Waals surface area contributed by atoms with Gasteiger partial charge in [-0.15, -0.1) is 0 Å². The molecule has 0 radical (unpaired) electrons. The average molecular weight is 252 g/mol. The van der Waals surface area contributed by atoms with E-state index in [1.165, 1.54) is 64.7 Å². The summed E-state index contributed by atoms with van der Waals surface area (Å²) in [5.74, 6) is 0.897. The highest BCUT2D eigenvalue weighted by Gasteiger charge is 2.34. The van der Waals surface area contributed by atoms with Crippen LogP contribution in [0.15, 0.2) is 0 Å². The van der Waals surface area contributed by atoms with Crippen molar-refractivity contribution in [2.45, 2.75) is 65.3 Å². The first-order chi connectivity index (χ1) is 8.61. The van der Waals surface area contributed by atoms with Crippen molar-refractivity contribution >= 4 is 0 Å². The summed E-state index contributed by atoms with van der Waals surface area (Å²) in [4.78, 5) is 2.81. The Hall–Kier alpha value is -0.0800. The van der Waals surface area contributed by atoms with E-state index in [9.17, 15) is 0 Å². The van der Waals surface area contributed by atoms with Crippen LogP contribution in [0.5, 0.6) is 0 Å². The predicted octanol–water partition coefficient (Wildman–Crippen LogP) is 3.28. The molecule has 2 rings (SSSR count). The van der Waals surface area contributed by atoms with Gasteiger partial charge in [0.05, 0.1) is 0 Å². The van der Waals surface area contributed by atoms with E-state index in [-0.39, 0.29) is 0 Å². The SMILES string of the molecule is CCCN(CC1CCCNC1)C1CCC(C)(C)C1. The van der Waals surface area contributed by atoms with E-state index in [2.05, 4.69) is 31.0 Å². The molecular weight excluding hydrogens is 220 g/mol. The fourth-order valence-corrected chi connectivity index (χ4v) is 3.83. The Kier molecular flexibility index (Phi) is 5.08. The third-order valence-electron chi connectivity index (χ3n) is 4.86. The van der Waals surface area contributed by atoms with Gasteiger partial charge in [-0.3, -0.25) is 0 Å². The third-order valence-corrected chi connectivity index (χ3v) is 4.86. The van der Waals surface area contributed by atoms with Gasteiger partial charge in [-0.1, -0.05) is 20.8 Å². The zero-order valence-corrected chi connectivity index (χ0v) is 12.7. The molecule has 1 heterocycles. The van der Waals surface area contributed by atoms with Crippen LogP contribution in [0.1, 0.15) is 59.3 Å². The van der Waals surface area contributed by atoms with Crippen LogP contribution in [-0.4, -0.2) is 37.1 Å². The van der Waals surface area contributed by atoms with Gasteiger partial charge in [-0.05, 0) is 69.5 Å². The van der Waals surface area contributed by atoms with Crippen molar-refractivity contribution in [3.05, 3.63) is 0 Å². The lowest BCUT2D eigenvalue weighted by Crippen LogP contribution is -2.42. The molecule has 1 saturated carbocycles. The van der Waals surface area contributed by atoms with Crippen LogP contribution in [0.4, 0.5) is 0 Å². The number of nitrogens with zero attached hydrogens (tertiary/aromatic N) is 1. The molecule has 1 aliphatic heterocycles. The van der Waals surface area contributed by atoms with E-state index in [1.54, 1.807) is 0 Å². The number of piperidine rings is 1. The summed E-state index contributed by atoms with van der Waals surface area (Å²) in [5, 5.41) is 3.56. The highest BCUT2D eigenvalue weighted by molar-refractivity contribution is 4.89. The Labute approximate surface area is 114 Å². The van der Waals surface area contributed by atoms with Crippen molar-refractivity contribution in [2.75, 3.05) is 26.2 Å². The van der Waals surface area contributed by atoms with Gasteiger partial charge in [-0.25, -0.2) is 0 Å². The Morgan fingerprint density at radius 3 is 2.67 bits per heavy atom. The number of hydrogen-bond donors (Lipinski definition) is 1. The minimum atomic E-state index is 0.585. The number of rotatable bonds is 5. The minimum Gasteiger partial charge on any atom is -0.316 e. The summed E-state index contributed by atoms with van der Waals surface area (Å²) in [6.45, 7) is 12.3. The van der Waals surface area contributed by atoms with E-state index < -0.39 is 0 Å². The molecule has 1 aliphatic carbocycles. The van der Waals surface area contributed by atoms with Crippen LogP contribution in [0.25, 0.3) is 0 Å². The molecule has 2 aliphatic rings. The summed E-state index contributed by atoms with van der Waals surface area (Å²) in [5.41, 5.74) is 0.585. The van der Waals surface area contributed by atoms with Gasteiger partial charge in [0, 0.05) is 12.6 Å². The summed E-state index contributed by atoms with van der Waals surface area (Å²) >= 11 is 0. The molecule has 2 heteroatoms. The molecule has 2 nitrogen and oxygen atoms in total. The molecule has 0 aromatic rings. The fraction of sp³-hybridized carbons (Fsp3) is 1.00. The molecule has 1 saturated heterocycles. The normalized spacial score (nSPS) is 32.0. The zero-order valence-electron chi connectivity index (χ0n) is 12.7. The molecule has 1 N–H and O–H groups in total. The molecule has 2 unspecified atom stereocenters. The maximum Gasteiger partial charge on any atom is 0.0101 e. The maximum absolute atomic E-state index is 3.56. The van der Waals surface area contributed by atoms with E-state index in [4.69, 9.17) is 0 Å². The zero-order chi connectivity index (χ0) is 13.0. The molecule has 2 atom stereocenters. The largest absolute Gasteiger partial charge is 0.316 e. The molecule has 0 bridgehead atoms. The van der Waals surface area contributed by atoms with Crippen LogP contribution in [0.2, 0.25) is 0 Å². The van der Waals surface area contributed by atoms with Gasteiger partial charge in [0.1, 0.15) is 0 Å². The molecule has 0 aromatic carbocycles. The third kappa shape index (κ3) is 3.96. The Morgan fingerprint density at radius 2 is 2.11 bits per heavy atom. The Bertz CT molecular complexity index is 243. The molecule has 106 valence electrons. The van der Waals surface area contributed by atoms with Crippen molar-refractivity contribution in [2.24, 2.45) is 11.3 Å². The van der Waals surface area contributed by atoms with Crippen molar-refractivity contribution in [3.63, 3.8) is 0 Å². The van der Waals surface area contributed by atoms with Gasteiger partial charge in [-0.2, -0.15) is 0 Å². The van der Waals surface area contributed by atoms with E-state index in [0.29, 0.717) is 5.41 Å². The first-order valence-electron chi connectivity index (χ1n) is 8.05. The lowest BCUT2D eigenvalue weighted by atomic mass is 9.91. The highest BCUT2D eigenvalue weighted by atomic mass is 15.2. The second kappa shape index (κ2) is 6.38. The second-order valence-electron chi connectivity index (χ2n) is 7.27. The smallest absolute Gasteiger partial charge is 0.0101 e. The standard InChI is InChI=1S/C16H32N2/c1-4-10-18(13-14-6-5-9-17-12-14)15-7-8-16(2,3)11-15/h14-15,17H,4-13H2,1-3H3. The molecule has 18 heavy (non-hydrogen) atoms. The van der Waals surface area contributed by atoms with Gasteiger partial charge in [0.25, 0.3) is 0 Å². The first-order valence-corrected chi connectivity index (χ1v) is 8.05. The molecule has 2 fully saturated rings. The summed E-state index contributed by atoms with van der Waals surface area (Å²) < 4.78 is 0. The second-order valence-corrected chi connectivity index (χ2v) is 7.27. The van der Waals surface area contributed by atoms with Crippen LogP contribution in [0, 0.1) is 11.3 Å². The highest BCUT2D eigenvalue weighted by Crippen LogP contribution is 2.39. The predicted molar refractivity (Wildman–Crippen MR) is 78.9 cm³/mol. The minimum absolute atomic E-state index is 0.585. The molecule has 0 spiro atoms. The molecule has 0 amide bonds. The van der Waals surface area contributed by atoms with Crippen LogP contribution in [-0.2, 0) is 0 Å². The van der Waals surface area contributed by atoms with Gasteiger partial charge in [0.15, 0.2) is 0 Å². The Morgan fingerprint density at radius 1 is 1.28 bits per heavy atom. The molecular formula is C16H32N2. The lowest BCUT2D eigenvalue weighted by Gasteiger charge is -2.34. The topological polar surface area (TPSA) is 15.3 Å². The van der Waals surface area contributed by atoms with Crippen molar-refractivity contribution in [1.29, 1.82) is 0 Å². The van der Waals surface area contributed by atoms with E-state index in [1.807, 2.05) is 0 Å². The van der Waals surface area contributed by atoms with Gasteiger partial charge < -0.3 is 10.2 Å². The van der Waals surface area contributed by atoms with E-state index in [0.717, 1.165) is 12.0 Å². The summed E-state index contributed by atoms with van der Waals surface area (Å²) in [6.07, 6.45) is 8.36. The fourth-order valence-electron chi connectivity index (χ4n) is 3.83. The van der Waals surface area contributed by atoms with Crippen LogP contribution < -0.4 is 5.32 Å². The monoisotopic (exact) mass is 252 g/mol. The van der Waals surface area contributed by atoms with Crippen molar-refractivity contribution < 1.29 is 0 Å². The number of nitrogens with one attached hydrogen (secondary N) is 1. The average Bonchev–Trinajstić information content (AvgIpc) is 2.70. The molecule has 0 aromatic heterocycles. The lowest BCUT2D eigenvalue weighted by molar-refractivity contribution is 0.147. The van der Waals surface area contributed by atoms with Crippen molar-refractivity contribution in [1.82, 2.24) is 10.2 Å². The van der Waals surface area contributed by atoms with Crippen molar-refractivity contribution in [3.8, 4) is 0 Å². The quantitative estimate of drug-likeness (QED) is 0.808. The van der Waals surface area contributed by atoms with Gasteiger partial charge >= 0.3 is 0 Å². The van der Waals surface area contributed by atoms with Crippen LogP contribution >= 0.6 is 0 Å². The first kappa shape index (κ1) is 14.3. The van der Waals surface area contributed by atoms with Crippen LogP contribution in [0.3, 0.4) is 0 Å². The number of hydrogen-bond acceptors (Lipinski definition) is 2. The maximum atomic E-state index is 3.56. The summed E-state index contributed by atoms with van der Waals surface area (Å²) in [7, 11) is 0. The summed E-state index contributed by atoms with van der Waals surface area (Å²) in [6, 6.07) is 0.863. The van der Waals surface area contributed by atoms with E-state index >= 15 is 0 Å².